The van der Waals surface area contributed by atoms with Crippen molar-refractivity contribution in [3.8, 4) is 0 Å². The topological polar surface area (TPSA) is 30.5 Å². The molecule has 1 heterocycles. The van der Waals surface area contributed by atoms with Crippen molar-refractivity contribution in [2.24, 2.45) is 5.92 Å². The largest absolute Gasteiger partial charge is 0.382 e. The average molecular weight is 173 g/mol. The van der Waals surface area contributed by atoms with Crippen molar-refractivity contribution in [2.45, 2.75) is 12.8 Å². The molecule has 0 aromatic heterocycles. The molecule has 1 saturated heterocycles. The van der Waals surface area contributed by atoms with Crippen LogP contribution >= 0.6 is 0 Å². The summed E-state index contributed by atoms with van der Waals surface area (Å²) >= 11 is 0. The van der Waals surface area contributed by atoms with Crippen molar-refractivity contribution in [2.75, 3.05) is 40.0 Å². The maximum absolute atomic E-state index is 5.35. The second kappa shape index (κ2) is 6.40. The molecule has 0 aliphatic carbocycles. The van der Waals surface area contributed by atoms with E-state index < -0.39 is 0 Å². The van der Waals surface area contributed by atoms with Gasteiger partial charge in [0.2, 0.25) is 0 Å². The van der Waals surface area contributed by atoms with E-state index >= 15 is 0 Å². The van der Waals surface area contributed by atoms with Gasteiger partial charge in [0.25, 0.3) is 0 Å². The predicted molar refractivity (Wildman–Crippen MR) is 48.3 cm³/mol. The van der Waals surface area contributed by atoms with Gasteiger partial charge in [0, 0.05) is 13.7 Å². The van der Waals surface area contributed by atoms with Gasteiger partial charge in [-0.3, -0.25) is 0 Å². The molecular weight excluding hydrogens is 154 g/mol. The van der Waals surface area contributed by atoms with Crippen LogP contribution in [0.2, 0.25) is 0 Å². The number of hydrogen-bond donors (Lipinski definition) is 1. The van der Waals surface area contributed by atoms with Gasteiger partial charge in [0.15, 0.2) is 0 Å². The zero-order chi connectivity index (χ0) is 8.65. The molecule has 1 fully saturated rings. The Labute approximate surface area is 74.4 Å². The van der Waals surface area contributed by atoms with Crippen molar-refractivity contribution in [1.29, 1.82) is 0 Å². The third-order valence-electron chi connectivity index (χ3n) is 2.20. The zero-order valence-corrected chi connectivity index (χ0v) is 7.84. The highest BCUT2D eigenvalue weighted by Crippen LogP contribution is 2.10. The summed E-state index contributed by atoms with van der Waals surface area (Å²) in [5, 5.41) is 3.26. The molecule has 3 nitrogen and oxygen atoms in total. The number of nitrogens with one attached hydrogen (secondary N) is 1. The maximum atomic E-state index is 5.35. The number of hydrogen-bond acceptors (Lipinski definition) is 3. The zero-order valence-electron chi connectivity index (χ0n) is 7.84. The highest BCUT2D eigenvalue weighted by molar-refractivity contribution is 4.73. The summed E-state index contributed by atoms with van der Waals surface area (Å²) in [5.41, 5.74) is 0. The fourth-order valence-corrected chi connectivity index (χ4v) is 1.27. The van der Waals surface area contributed by atoms with E-state index in [-0.39, 0.29) is 0 Å². The summed E-state index contributed by atoms with van der Waals surface area (Å²) in [6.45, 7) is 4.75. The molecule has 1 N–H and O–H groups in total. The van der Waals surface area contributed by atoms with E-state index in [1.165, 1.54) is 25.9 Å². The number of ether oxygens (including phenoxy) is 2. The van der Waals surface area contributed by atoms with Crippen LogP contribution in [-0.2, 0) is 9.47 Å². The van der Waals surface area contributed by atoms with E-state index in [9.17, 15) is 0 Å². The van der Waals surface area contributed by atoms with Gasteiger partial charge >= 0.3 is 0 Å². The van der Waals surface area contributed by atoms with Crippen molar-refractivity contribution in [3.05, 3.63) is 0 Å². The highest BCUT2D eigenvalue weighted by Gasteiger charge is 2.15. The van der Waals surface area contributed by atoms with Gasteiger partial charge in [-0.15, -0.1) is 0 Å². The van der Waals surface area contributed by atoms with Crippen molar-refractivity contribution < 1.29 is 9.47 Å². The Balaban J connectivity index is 1.70. The SMILES string of the molecule is COCCOCCCC1CNC1. The normalized spacial score (nSPS) is 17.8. The summed E-state index contributed by atoms with van der Waals surface area (Å²) < 4.78 is 10.2. The molecule has 1 rings (SSSR count). The second-order valence-electron chi connectivity index (χ2n) is 3.27. The van der Waals surface area contributed by atoms with E-state index in [2.05, 4.69) is 5.32 Å². The van der Waals surface area contributed by atoms with E-state index in [1.54, 1.807) is 7.11 Å². The minimum absolute atomic E-state index is 0.713. The lowest BCUT2D eigenvalue weighted by Gasteiger charge is -2.26. The second-order valence-corrected chi connectivity index (χ2v) is 3.27. The van der Waals surface area contributed by atoms with Crippen LogP contribution in [0.5, 0.6) is 0 Å². The Kier molecular flexibility index (Phi) is 5.32. The molecule has 0 unspecified atom stereocenters. The minimum atomic E-state index is 0.713. The quantitative estimate of drug-likeness (QED) is 0.573. The lowest BCUT2D eigenvalue weighted by Crippen LogP contribution is -2.41. The molecular formula is C9H19NO2. The van der Waals surface area contributed by atoms with Gasteiger partial charge in [0.1, 0.15) is 0 Å². The van der Waals surface area contributed by atoms with Crippen LogP contribution in [0.3, 0.4) is 0 Å². The van der Waals surface area contributed by atoms with Gasteiger partial charge < -0.3 is 14.8 Å². The third kappa shape index (κ3) is 4.04. The summed E-state index contributed by atoms with van der Waals surface area (Å²) in [6.07, 6.45) is 2.50. The molecule has 72 valence electrons. The molecule has 0 bridgehead atoms. The van der Waals surface area contributed by atoms with E-state index in [1.807, 2.05) is 0 Å². The molecule has 0 spiro atoms. The first-order valence-corrected chi connectivity index (χ1v) is 4.71. The van der Waals surface area contributed by atoms with Crippen LogP contribution in [0.1, 0.15) is 12.8 Å². The molecule has 3 heteroatoms. The highest BCUT2D eigenvalue weighted by atomic mass is 16.5. The predicted octanol–water partition coefficient (Wildman–Crippen LogP) is 0.649. The van der Waals surface area contributed by atoms with Gasteiger partial charge in [0.05, 0.1) is 13.2 Å². The summed E-state index contributed by atoms with van der Waals surface area (Å²) in [4.78, 5) is 0. The fraction of sp³-hybridized carbons (Fsp3) is 1.00. The van der Waals surface area contributed by atoms with Crippen LogP contribution in [0, 0.1) is 5.92 Å². The van der Waals surface area contributed by atoms with Crippen LogP contribution in [0.15, 0.2) is 0 Å². The van der Waals surface area contributed by atoms with Crippen molar-refractivity contribution in [3.63, 3.8) is 0 Å². The first-order chi connectivity index (χ1) is 5.93. The number of rotatable bonds is 7. The lowest BCUT2D eigenvalue weighted by atomic mass is 9.98. The molecule has 1 aliphatic heterocycles. The Morgan fingerprint density at radius 1 is 1.25 bits per heavy atom. The molecule has 0 radical (unpaired) electrons. The van der Waals surface area contributed by atoms with Crippen molar-refractivity contribution in [1.82, 2.24) is 5.32 Å². The Morgan fingerprint density at radius 2 is 2.08 bits per heavy atom. The Hall–Kier alpha value is -0.120. The third-order valence-corrected chi connectivity index (χ3v) is 2.20. The van der Waals surface area contributed by atoms with Crippen LogP contribution in [0.4, 0.5) is 0 Å². The average Bonchev–Trinajstić information content (AvgIpc) is 2.00. The van der Waals surface area contributed by atoms with Crippen molar-refractivity contribution >= 4 is 0 Å². The van der Waals surface area contributed by atoms with Crippen LogP contribution < -0.4 is 5.32 Å². The Morgan fingerprint density at radius 3 is 2.67 bits per heavy atom. The summed E-state index contributed by atoms with van der Waals surface area (Å²) in [5.74, 6) is 0.913. The smallest absolute Gasteiger partial charge is 0.0700 e. The minimum Gasteiger partial charge on any atom is -0.382 e. The van der Waals surface area contributed by atoms with E-state index in [4.69, 9.17) is 9.47 Å². The molecule has 0 aromatic rings. The molecule has 0 atom stereocenters. The first kappa shape index (κ1) is 9.96. The van der Waals surface area contributed by atoms with Gasteiger partial charge in [-0.1, -0.05) is 0 Å². The lowest BCUT2D eigenvalue weighted by molar-refractivity contribution is 0.0661. The van der Waals surface area contributed by atoms with Crippen LogP contribution in [-0.4, -0.2) is 40.0 Å². The van der Waals surface area contributed by atoms with E-state index in [0.29, 0.717) is 6.61 Å². The number of methoxy groups -OCH3 is 1. The van der Waals surface area contributed by atoms with Crippen LogP contribution in [0.25, 0.3) is 0 Å². The van der Waals surface area contributed by atoms with E-state index in [0.717, 1.165) is 19.1 Å². The molecule has 12 heavy (non-hydrogen) atoms. The molecule has 1 aliphatic rings. The maximum Gasteiger partial charge on any atom is 0.0700 e. The molecule has 0 amide bonds. The Bertz CT molecular complexity index is 105. The summed E-state index contributed by atoms with van der Waals surface area (Å²) in [7, 11) is 1.70. The molecule has 0 aromatic carbocycles. The van der Waals surface area contributed by atoms with Gasteiger partial charge in [-0.25, -0.2) is 0 Å². The van der Waals surface area contributed by atoms with Gasteiger partial charge in [-0.05, 0) is 31.8 Å². The first-order valence-electron chi connectivity index (χ1n) is 4.71. The fourth-order valence-electron chi connectivity index (χ4n) is 1.27. The summed E-state index contributed by atoms with van der Waals surface area (Å²) in [6, 6.07) is 0. The molecule has 0 saturated carbocycles. The monoisotopic (exact) mass is 173 g/mol. The standard InChI is InChI=1S/C9H19NO2/c1-11-5-6-12-4-2-3-9-7-10-8-9/h9-10H,2-8H2,1H3. The van der Waals surface area contributed by atoms with Gasteiger partial charge in [-0.2, -0.15) is 0 Å².